The van der Waals surface area contributed by atoms with Gasteiger partial charge in [-0.1, -0.05) is 48.5 Å². The second kappa shape index (κ2) is 8.22. The fourth-order valence-electron chi connectivity index (χ4n) is 2.22. The van der Waals surface area contributed by atoms with Crippen molar-refractivity contribution < 1.29 is 9.53 Å². The molecule has 2 rings (SSSR count). The van der Waals surface area contributed by atoms with Crippen LogP contribution in [-0.2, 0) is 4.74 Å². The van der Waals surface area contributed by atoms with Crippen LogP contribution in [0.4, 0.5) is 0 Å². The number of carbonyl (C=O) groups excluding carboxylic acids is 1. The minimum absolute atomic E-state index is 0.0214. The first-order valence-corrected chi connectivity index (χ1v) is 7.24. The van der Waals surface area contributed by atoms with Crippen molar-refractivity contribution in [3.8, 4) is 11.1 Å². The first-order valence-electron chi connectivity index (χ1n) is 7.24. The number of methoxy groups -OCH3 is 1. The maximum absolute atomic E-state index is 12.3. The van der Waals surface area contributed by atoms with Crippen molar-refractivity contribution in [1.29, 1.82) is 0 Å². The van der Waals surface area contributed by atoms with Gasteiger partial charge in [0, 0.05) is 25.8 Å². The summed E-state index contributed by atoms with van der Waals surface area (Å²) >= 11 is 0. The molecule has 21 heavy (non-hydrogen) atoms. The van der Waals surface area contributed by atoms with Gasteiger partial charge in [0.2, 0.25) is 0 Å². The predicted octanol–water partition coefficient (Wildman–Crippen LogP) is 3.51. The zero-order chi connectivity index (χ0) is 14.9. The topological polar surface area (TPSA) is 38.3 Å². The molecule has 110 valence electrons. The Morgan fingerprint density at radius 2 is 1.71 bits per heavy atom. The van der Waals surface area contributed by atoms with Gasteiger partial charge < -0.3 is 10.1 Å². The summed E-state index contributed by atoms with van der Waals surface area (Å²) in [6.45, 7) is 1.40. The number of unbranched alkanes of at least 4 members (excludes halogenated alkanes) is 1. The highest BCUT2D eigenvalue weighted by atomic mass is 16.5. The van der Waals surface area contributed by atoms with Crippen LogP contribution in [0.15, 0.2) is 54.6 Å². The van der Waals surface area contributed by atoms with E-state index in [2.05, 4.69) is 5.32 Å². The monoisotopic (exact) mass is 283 g/mol. The van der Waals surface area contributed by atoms with Crippen molar-refractivity contribution in [3.63, 3.8) is 0 Å². The molecule has 2 aromatic carbocycles. The Kier molecular flexibility index (Phi) is 5.98. The summed E-state index contributed by atoms with van der Waals surface area (Å²) in [4.78, 5) is 12.3. The number of ether oxygens (including phenoxy) is 1. The molecular formula is C18H21NO2. The standard InChI is InChI=1S/C18H21NO2/c1-21-14-8-7-13-19-18(20)17-12-6-5-11-16(17)15-9-3-2-4-10-15/h2-6,9-12H,7-8,13-14H2,1H3,(H,19,20). The Balaban J connectivity index is 2.04. The van der Waals surface area contributed by atoms with E-state index < -0.39 is 0 Å². The van der Waals surface area contributed by atoms with Crippen LogP contribution >= 0.6 is 0 Å². The van der Waals surface area contributed by atoms with Crippen LogP contribution in [0.1, 0.15) is 23.2 Å². The van der Waals surface area contributed by atoms with Gasteiger partial charge >= 0.3 is 0 Å². The molecule has 3 heteroatoms. The predicted molar refractivity (Wildman–Crippen MR) is 85.3 cm³/mol. The molecule has 0 unspecified atom stereocenters. The van der Waals surface area contributed by atoms with E-state index >= 15 is 0 Å². The number of rotatable bonds is 7. The first kappa shape index (κ1) is 15.3. The normalized spacial score (nSPS) is 10.3. The third-order valence-corrected chi connectivity index (χ3v) is 3.32. The van der Waals surface area contributed by atoms with Crippen LogP contribution in [-0.4, -0.2) is 26.2 Å². The zero-order valence-electron chi connectivity index (χ0n) is 12.3. The average Bonchev–Trinajstić information content (AvgIpc) is 2.55. The van der Waals surface area contributed by atoms with E-state index in [4.69, 9.17) is 4.74 Å². The van der Waals surface area contributed by atoms with E-state index in [1.165, 1.54) is 0 Å². The fourth-order valence-corrected chi connectivity index (χ4v) is 2.22. The number of hydrogen-bond acceptors (Lipinski definition) is 2. The quantitative estimate of drug-likeness (QED) is 0.790. The molecule has 0 aromatic heterocycles. The molecule has 0 heterocycles. The summed E-state index contributed by atoms with van der Waals surface area (Å²) < 4.78 is 5.00. The molecule has 3 nitrogen and oxygen atoms in total. The average molecular weight is 283 g/mol. The zero-order valence-corrected chi connectivity index (χ0v) is 12.3. The first-order chi connectivity index (χ1) is 10.3. The minimum Gasteiger partial charge on any atom is -0.385 e. The van der Waals surface area contributed by atoms with E-state index in [-0.39, 0.29) is 5.91 Å². The number of amides is 1. The third kappa shape index (κ3) is 4.43. The summed E-state index contributed by atoms with van der Waals surface area (Å²) in [5.41, 5.74) is 2.74. The second-order valence-corrected chi connectivity index (χ2v) is 4.87. The molecule has 0 aliphatic heterocycles. The molecule has 0 bridgehead atoms. The Bertz CT molecular complexity index is 566. The van der Waals surface area contributed by atoms with Crippen molar-refractivity contribution in [2.75, 3.05) is 20.3 Å². The Labute approximate surface area is 126 Å². The highest BCUT2D eigenvalue weighted by Gasteiger charge is 2.11. The molecule has 0 spiro atoms. The van der Waals surface area contributed by atoms with E-state index in [1.807, 2.05) is 54.6 Å². The summed E-state index contributed by atoms with van der Waals surface area (Å²) in [7, 11) is 1.69. The van der Waals surface area contributed by atoms with Gasteiger partial charge in [-0.25, -0.2) is 0 Å². The minimum atomic E-state index is -0.0214. The molecular weight excluding hydrogens is 262 g/mol. The Morgan fingerprint density at radius 1 is 1.00 bits per heavy atom. The van der Waals surface area contributed by atoms with Gasteiger partial charge in [0.25, 0.3) is 5.91 Å². The highest BCUT2D eigenvalue weighted by Crippen LogP contribution is 2.23. The van der Waals surface area contributed by atoms with Gasteiger partial charge in [0.05, 0.1) is 0 Å². The van der Waals surface area contributed by atoms with Gasteiger partial charge in [0.15, 0.2) is 0 Å². The van der Waals surface area contributed by atoms with Gasteiger partial charge in [-0.05, 0) is 30.0 Å². The third-order valence-electron chi connectivity index (χ3n) is 3.32. The van der Waals surface area contributed by atoms with Gasteiger partial charge in [-0.3, -0.25) is 4.79 Å². The van der Waals surface area contributed by atoms with Crippen LogP contribution in [0, 0.1) is 0 Å². The molecule has 0 aliphatic carbocycles. The van der Waals surface area contributed by atoms with Crippen molar-refractivity contribution in [1.82, 2.24) is 5.32 Å². The molecule has 0 fully saturated rings. The number of benzene rings is 2. The maximum Gasteiger partial charge on any atom is 0.251 e. The lowest BCUT2D eigenvalue weighted by Crippen LogP contribution is -2.25. The van der Waals surface area contributed by atoms with Gasteiger partial charge in [-0.2, -0.15) is 0 Å². The van der Waals surface area contributed by atoms with Crippen LogP contribution in [0.3, 0.4) is 0 Å². The SMILES string of the molecule is COCCCCNC(=O)c1ccccc1-c1ccccc1. The lowest BCUT2D eigenvalue weighted by molar-refractivity contribution is 0.0952. The highest BCUT2D eigenvalue weighted by molar-refractivity contribution is 6.00. The van der Waals surface area contributed by atoms with Crippen molar-refractivity contribution in [2.45, 2.75) is 12.8 Å². The maximum atomic E-state index is 12.3. The molecule has 0 radical (unpaired) electrons. The smallest absolute Gasteiger partial charge is 0.251 e. The van der Waals surface area contributed by atoms with E-state index in [0.29, 0.717) is 6.54 Å². The molecule has 0 aliphatic rings. The number of carbonyl (C=O) groups is 1. The molecule has 2 aromatic rings. The Morgan fingerprint density at radius 3 is 2.48 bits per heavy atom. The summed E-state index contributed by atoms with van der Waals surface area (Å²) in [5, 5.41) is 2.97. The summed E-state index contributed by atoms with van der Waals surface area (Å²) in [6.07, 6.45) is 1.88. The van der Waals surface area contributed by atoms with Crippen LogP contribution < -0.4 is 5.32 Å². The van der Waals surface area contributed by atoms with Crippen LogP contribution in [0.25, 0.3) is 11.1 Å². The summed E-state index contributed by atoms with van der Waals surface area (Å²) in [6, 6.07) is 17.7. The van der Waals surface area contributed by atoms with Crippen LogP contribution in [0.5, 0.6) is 0 Å². The summed E-state index contributed by atoms with van der Waals surface area (Å²) in [5.74, 6) is -0.0214. The van der Waals surface area contributed by atoms with E-state index in [0.717, 1.165) is 36.1 Å². The molecule has 0 saturated carbocycles. The molecule has 0 atom stereocenters. The number of hydrogen-bond donors (Lipinski definition) is 1. The lowest BCUT2D eigenvalue weighted by atomic mass is 9.99. The van der Waals surface area contributed by atoms with E-state index in [1.54, 1.807) is 7.11 Å². The van der Waals surface area contributed by atoms with Crippen molar-refractivity contribution in [2.24, 2.45) is 0 Å². The molecule has 1 amide bonds. The van der Waals surface area contributed by atoms with Crippen molar-refractivity contribution >= 4 is 5.91 Å². The van der Waals surface area contributed by atoms with E-state index in [9.17, 15) is 4.79 Å². The second-order valence-electron chi connectivity index (χ2n) is 4.87. The lowest BCUT2D eigenvalue weighted by Gasteiger charge is -2.10. The molecule has 0 saturated heterocycles. The van der Waals surface area contributed by atoms with Crippen LogP contribution in [0.2, 0.25) is 0 Å². The van der Waals surface area contributed by atoms with Gasteiger partial charge in [0.1, 0.15) is 0 Å². The number of nitrogens with one attached hydrogen (secondary N) is 1. The fraction of sp³-hybridized carbons (Fsp3) is 0.278. The largest absolute Gasteiger partial charge is 0.385 e. The molecule has 1 N–H and O–H groups in total. The van der Waals surface area contributed by atoms with Gasteiger partial charge in [-0.15, -0.1) is 0 Å². The Hall–Kier alpha value is -2.13. The van der Waals surface area contributed by atoms with Crippen molar-refractivity contribution in [3.05, 3.63) is 60.2 Å².